The zero-order valence-electron chi connectivity index (χ0n) is 8.51. The third kappa shape index (κ3) is 3.50. The molecule has 1 amide bonds. The summed E-state index contributed by atoms with van der Waals surface area (Å²) in [7, 11) is 0. The summed E-state index contributed by atoms with van der Waals surface area (Å²) in [5.41, 5.74) is 0. The van der Waals surface area contributed by atoms with E-state index in [1.54, 1.807) is 0 Å². The smallest absolute Gasteiger partial charge is 0.332 e. The van der Waals surface area contributed by atoms with E-state index in [1.165, 1.54) is 0 Å². The van der Waals surface area contributed by atoms with Crippen LogP contribution >= 0.6 is 0 Å². The van der Waals surface area contributed by atoms with Crippen LogP contribution in [0.4, 0.5) is 0 Å². The molecule has 0 saturated carbocycles. The largest absolute Gasteiger partial charge is 0.481 e. The van der Waals surface area contributed by atoms with Crippen molar-refractivity contribution >= 4 is 17.8 Å². The molecule has 1 rings (SSSR count). The highest BCUT2D eigenvalue weighted by atomic mass is 16.5. The van der Waals surface area contributed by atoms with Crippen LogP contribution < -0.4 is 5.32 Å². The molecule has 1 aliphatic heterocycles. The van der Waals surface area contributed by atoms with Crippen LogP contribution in [0, 0.1) is 0 Å². The number of amides is 1. The highest BCUT2D eigenvalue weighted by Crippen LogP contribution is 2.19. The van der Waals surface area contributed by atoms with Gasteiger partial charge in [-0.3, -0.25) is 9.59 Å². The topological polar surface area (TPSA) is 113 Å². The van der Waals surface area contributed by atoms with E-state index in [2.05, 4.69) is 5.32 Å². The number of carboxylic acids is 2. The van der Waals surface area contributed by atoms with Crippen molar-refractivity contribution in [2.24, 2.45) is 0 Å². The predicted molar refractivity (Wildman–Crippen MR) is 50.8 cm³/mol. The number of hydrogen-bond donors (Lipinski definition) is 3. The molecule has 7 heteroatoms. The SMILES string of the molecule is O=C(O)CCNC(=O)[C@@H]1CC[C@H](C(=O)O)O1. The molecule has 16 heavy (non-hydrogen) atoms. The van der Waals surface area contributed by atoms with E-state index in [1.807, 2.05) is 0 Å². The van der Waals surface area contributed by atoms with Crippen LogP contribution in [0.2, 0.25) is 0 Å². The van der Waals surface area contributed by atoms with E-state index in [0.29, 0.717) is 12.8 Å². The molecule has 0 radical (unpaired) electrons. The second kappa shape index (κ2) is 5.45. The Labute approximate surface area is 91.4 Å². The van der Waals surface area contributed by atoms with Crippen LogP contribution in [-0.2, 0) is 19.1 Å². The Hall–Kier alpha value is -1.63. The molecule has 1 heterocycles. The monoisotopic (exact) mass is 231 g/mol. The van der Waals surface area contributed by atoms with Gasteiger partial charge in [0.2, 0.25) is 5.91 Å². The first-order chi connectivity index (χ1) is 7.50. The van der Waals surface area contributed by atoms with E-state index < -0.39 is 30.1 Å². The number of carboxylic acid groups (broad SMARTS) is 2. The highest BCUT2D eigenvalue weighted by molar-refractivity contribution is 5.83. The lowest BCUT2D eigenvalue weighted by Crippen LogP contribution is -2.36. The van der Waals surface area contributed by atoms with Gasteiger partial charge in [0.05, 0.1) is 6.42 Å². The van der Waals surface area contributed by atoms with Crippen molar-refractivity contribution in [3.8, 4) is 0 Å². The lowest BCUT2D eigenvalue weighted by atomic mass is 10.2. The van der Waals surface area contributed by atoms with Crippen molar-refractivity contribution in [1.82, 2.24) is 5.32 Å². The van der Waals surface area contributed by atoms with Gasteiger partial charge in [-0.1, -0.05) is 0 Å². The first-order valence-electron chi connectivity index (χ1n) is 4.88. The Morgan fingerprint density at radius 3 is 2.31 bits per heavy atom. The molecule has 0 aromatic carbocycles. The van der Waals surface area contributed by atoms with E-state index in [0.717, 1.165) is 0 Å². The Kier molecular flexibility index (Phi) is 4.24. The molecule has 0 aliphatic carbocycles. The fourth-order valence-corrected chi connectivity index (χ4v) is 1.42. The quantitative estimate of drug-likeness (QED) is 0.571. The summed E-state index contributed by atoms with van der Waals surface area (Å²) in [6.45, 7) is 0.0196. The lowest BCUT2D eigenvalue weighted by Gasteiger charge is -2.10. The minimum Gasteiger partial charge on any atom is -0.481 e. The summed E-state index contributed by atoms with van der Waals surface area (Å²) in [4.78, 5) is 32.1. The van der Waals surface area contributed by atoms with Gasteiger partial charge in [0.25, 0.3) is 0 Å². The molecule has 0 aromatic heterocycles. The van der Waals surface area contributed by atoms with Gasteiger partial charge in [0.1, 0.15) is 6.10 Å². The first kappa shape index (κ1) is 12.4. The lowest BCUT2D eigenvalue weighted by molar-refractivity contribution is -0.151. The molecular formula is C9H13NO6. The molecule has 0 unspecified atom stereocenters. The van der Waals surface area contributed by atoms with Gasteiger partial charge < -0.3 is 20.3 Å². The molecule has 0 bridgehead atoms. The standard InChI is InChI=1S/C9H13NO6/c11-7(12)3-4-10-8(13)5-1-2-6(16-5)9(14)15/h5-6H,1-4H2,(H,10,13)(H,11,12)(H,14,15)/t5-,6+/m0/s1. The molecule has 1 fully saturated rings. The van der Waals surface area contributed by atoms with Crippen molar-refractivity contribution in [2.75, 3.05) is 6.54 Å². The van der Waals surface area contributed by atoms with Gasteiger partial charge in [-0.25, -0.2) is 4.79 Å². The average Bonchev–Trinajstić information content (AvgIpc) is 2.65. The zero-order chi connectivity index (χ0) is 12.1. The van der Waals surface area contributed by atoms with Crippen LogP contribution in [0.1, 0.15) is 19.3 Å². The van der Waals surface area contributed by atoms with Crippen molar-refractivity contribution in [3.05, 3.63) is 0 Å². The summed E-state index contributed by atoms with van der Waals surface area (Å²) < 4.78 is 4.98. The number of carbonyl (C=O) groups is 3. The van der Waals surface area contributed by atoms with Gasteiger partial charge in [-0.2, -0.15) is 0 Å². The van der Waals surface area contributed by atoms with Crippen molar-refractivity contribution < 1.29 is 29.3 Å². The Bertz CT molecular complexity index is 302. The summed E-state index contributed by atoms with van der Waals surface area (Å²) in [6.07, 6.45) is -1.24. The molecule has 1 saturated heterocycles. The fraction of sp³-hybridized carbons (Fsp3) is 0.667. The third-order valence-electron chi connectivity index (χ3n) is 2.23. The number of rotatable bonds is 5. The maximum atomic E-state index is 11.4. The van der Waals surface area contributed by atoms with E-state index in [9.17, 15) is 14.4 Å². The number of hydrogen-bond acceptors (Lipinski definition) is 4. The van der Waals surface area contributed by atoms with Crippen LogP contribution in [0.3, 0.4) is 0 Å². The minimum atomic E-state index is -1.08. The normalized spacial score (nSPS) is 24.0. The molecule has 3 N–H and O–H groups in total. The second-order valence-electron chi connectivity index (χ2n) is 3.46. The van der Waals surface area contributed by atoms with Crippen molar-refractivity contribution in [3.63, 3.8) is 0 Å². The maximum Gasteiger partial charge on any atom is 0.332 e. The molecule has 90 valence electrons. The summed E-state index contributed by atoms with van der Waals surface area (Å²) in [6, 6.07) is 0. The number of aliphatic carboxylic acids is 2. The molecule has 7 nitrogen and oxygen atoms in total. The molecule has 0 spiro atoms. The summed E-state index contributed by atoms with van der Waals surface area (Å²) in [5, 5.41) is 19.4. The van der Waals surface area contributed by atoms with Crippen LogP contribution in [-0.4, -0.2) is 46.8 Å². The summed E-state index contributed by atoms with van der Waals surface area (Å²) >= 11 is 0. The molecule has 1 aliphatic rings. The number of nitrogens with one attached hydrogen (secondary N) is 1. The fourth-order valence-electron chi connectivity index (χ4n) is 1.42. The molecular weight excluding hydrogens is 218 g/mol. The van der Waals surface area contributed by atoms with E-state index in [-0.39, 0.29) is 13.0 Å². The van der Waals surface area contributed by atoms with Crippen molar-refractivity contribution in [2.45, 2.75) is 31.5 Å². The van der Waals surface area contributed by atoms with Gasteiger partial charge in [-0.05, 0) is 12.8 Å². The highest BCUT2D eigenvalue weighted by Gasteiger charge is 2.34. The maximum absolute atomic E-state index is 11.4. The van der Waals surface area contributed by atoms with Crippen LogP contribution in [0.5, 0.6) is 0 Å². The minimum absolute atomic E-state index is 0.0196. The third-order valence-corrected chi connectivity index (χ3v) is 2.23. The first-order valence-corrected chi connectivity index (χ1v) is 4.88. The van der Waals surface area contributed by atoms with E-state index >= 15 is 0 Å². The second-order valence-corrected chi connectivity index (χ2v) is 3.46. The summed E-state index contributed by atoms with van der Waals surface area (Å²) in [5.74, 6) is -2.54. The number of carbonyl (C=O) groups excluding carboxylic acids is 1. The predicted octanol–water partition coefficient (Wildman–Crippen LogP) is -0.790. The zero-order valence-corrected chi connectivity index (χ0v) is 8.51. The Balaban J connectivity index is 2.28. The van der Waals surface area contributed by atoms with Crippen LogP contribution in [0.25, 0.3) is 0 Å². The van der Waals surface area contributed by atoms with Crippen LogP contribution in [0.15, 0.2) is 0 Å². The average molecular weight is 231 g/mol. The Morgan fingerprint density at radius 1 is 1.19 bits per heavy atom. The number of ether oxygens (including phenoxy) is 1. The molecule has 0 aromatic rings. The van der Waals surface area contributed by atoms with Gasteiger partial charge in [-0.15, -0.1) is 0 Å². The Morgan fingerprint density at radius 2 is 1.81 bits per heavy atom. The van der Waals surface area contributed by atoms with E-state index in [4.69, 9.17) is 14.9 Å². The molecule has 2 atom stereocenters. The van der Waals surface area contributed by atoms with Gasteiger partial charge >= 0.3 is 11.9 Å². The van der Waals surface area contributed by atoms with Gasteiger partial charge in [0, 0.05) is 6.54 Å². The van der Waals surface area contributed by atoms with Crippen molar-refractivity contribution in [1.29, 1.82) is 0 Å². The van der Waals surface area contributed by atoms with Gasteiger partial charge in [0.15, 0.2) is 6.10 Å².